The molecule has 0 aromatic heterocycles. The van der Waals surface area contributed by atoms with E-state index in [1.54, 1.807) is 0 Å². The van der Waals surface area contributed by atoms with Crippen molar-refractivity contribution in [2.45, 2.75) is 26.4 Å². The summed E-state index contributed by atoms with van der Waals surface area (Å²) in [5, 5.41) is 0. The van der Waals surface area contributed by atoms with Crippen LogP contribution in [0.4, 0.5) is 0 Å². The van der Waals surface area contributed by atoms with Crippen LogP contribution in [0.1, 0.15) is 20.3 Å². The molecule has 0 aromatic rings. The first-order valence-electron chi connectivity index (χ1n) is 3.33. The first-order valence-corrected chi connectivity index (χ1v) is 3.33. The summed E-state index contributed by atoms with van der Waals surface area (Å²) >= 11 is 0. The van der Waals surface area contributed by atoms with Crippen molar-refractivity contribution in [3.63, 3.8) is 0 Å². The van der Waals surface area contributed by atoms with Crippen LogP contribution < -0.4 is 11.5 Å². The maximum atomic E-state index is 5.15. The number of guanidine groups is 1. The number of rotatable bonds is 4. The van der Waals surface area contributed by atoms with E-state index in [1.807, 2.05) is 13.8 Å². The van der Waals surface area contributed by atoms with Crippen molar-refractivity contribution in [2.75, 3.05) is 6.73 Å². The molecular weight excluding hydrogens is 130 g/mol. The third kappa shape index (κ3) is 5.37. The molecule has 0 aliphatic rings. The molecule has 1 unspecified atom stereocenters. The second-order valence-electron chi connectivity index (χ2n) is 2.10. The lowest BCUT2D eigenvalue weighted by atomic mass is 10.3. The minimum absolute atomic E-state index is 0.0725. The van der Waals surface area contributed by atoms with Gasteiger partial charge in [-0.2, -0.15) is 0 Å². The van der Waals surface area contributed by atoms with Crippen LogP contribution in [0.3, 0.4) is 0 Å². The standard InChI is InChI=1S/C6H15N3O/c1-3-5(2)10-4-9-6(7)8/h5H,3-4H2,1-2H3,(H4,7,8,9). The van der Waals surface area contributed by atoms with Crippen LogP contribution in [-0.4, -0.2) is 18.8 Å². The molecule has 1 atom stereocenters. The Morgan fingerprint density at radius 3 is 2.60 bits per heavy atom. The lowest BCUT2D eigenvalue weighted by molar-refractivity contribution is 0.0697. The fourth-order valence-corrected chi connectivity index (χ4v) is 0.357. The molecular formula is C6H15N3O. The number of ether oxygens (including phenoxy) is 1. The molecule has 0 rings (SSSR count). The van der Waals surface area contributed by atoms with E-state index >= 15 is 0 Å². The van der Waals surface area contributed by atoms with E-state index in [2.05, 4.69) is 4.99 Å². The van der Waals surface area contributed by atoms with Crippen molar-refractivity contribution in [1.29, 1.82) is 0 Å². The van der Waals surface area contributed by atoms with Gasteiger partial charge in [0.05, 0.1) is 6.10 Å². The highest BCUT2D eigenvalue weighted by atomic mass is 16.5. The monoisotopic (exact) mass is 145 g/mol. The van der Waals surface area contributed by atoms with Crippen LogP contribution in [0.15, 0.2) is 4.99 Å². The average Bonchev–Trinajstić information content (AvgIpc) is 1.87. The van der Waals surface area contributed by atoms with Crippen molar-refractivity contribution < 1.29 is 4.74 Å². The Hall–Kier alpha value is -0.770. The Balaban J connectivity index is 3.28. The molecule has 4 N–H and O–H groups in total. The van der Waals surface area contributed by atoms with Crippen LogP contribution in [0.5, 0.6) is 0 Å². The van der Waals surface area contributed by atoms with E-state index < -0.39 is 0 Å². The van der Waals surface area contributed by atoms with Gasteiger partial charge in [-0.25, -0.2) is 4.99 Å². The van der Waals surface area contributed by atoms with Gasteiger partial charge in [0.25, 0.3) is 0 Å². The molecule has 0 saturated heterocycles. The molecule has 0 aliphatic heterocycles. The molecule has 0 bridgehead atoms. The van der Waals surface area contributed by atoms with E-state index in [0.29, 0.717) is 0 Å². The van der Waals surface area contributed by atoms with Crippen LogP contribution >= 0.6 is 0 Å². The van der Waals surface area contributed by atoms with Gasteiger partial charge in [-0.15, -0.1) is 0 Å². The fraction of sp³-hybridized carbons (Fsp3) is 0.833. The van der Waals surface area contributed by atoms with Gasteiger partial charge < -0.3 is 16.2 Å². The normalized spacial score (nSPS) is 12.6. The number of aliphatic imine (C=N–C) groups is 1. The smallest absolute Gasteiger partial charge is 0.188 e. The highest BCUT2D eigenvalue weighted by molar-refractivity contribution is 5.75. The van der Waals surface area contributed by atoms with Crippen LogP contribution in [0.2, 0.25) is 0 Å². The first kappa shape index (κ1) is 9.23. The van der Waals surface area contributed by atoms with Crippen LogP contribution in [-0.2, 0) is 4.74 Å². The topological polar surface area (TPSA) is 73.6 Å². The number of nitrogens with zero attached hydrogens (tertiary/aromatic N) is 1. The zero-order valence-corrected chi connectivity index (χ0v) is 6.50. The molecule has 0 amide bonds. The molecule has 0 spiro atoms. The molecule has 4 nitrogen and oxygen atoms in total. The molecule has 0 saturated carbocycles. The second kappa shape index (κ2) is 5.05. The summed E-state index contributed by atoms with van der Waals surface area (Å²) in [6.07, 6.45) is 1.20. The van der Waals surface area contributed by atoms with E-state index in [4.69, 9.17) is 16.2 Å². The SMILES string of the molecule is CCC(C)OCN=C(N)N. The molecule has 0 aromatic carbocycles. The Labute approximate surface area is 61.3 Å². The minimum atomic E-state index is 0.0725. The van der Waals surface area contributed by atoms with Crippen LogP contribution in [0, 0.1) is 0 Å². The summed E-state index contributed by atoms with van der Waals surface area (Å²) in [5.41, 5.74) is 10.1. The average molecular weight is 145 g/mol. The highest BCUT2D eigenvalue weighted by Gasteiger charge is 1.94. The third-order valence-electron chi connectivity index (χ3n) is 1.18. The van der Waals surface area contributed by atoms with Gasteiger partial charge in [0.1, 0.15) is 6.73 Å². The van der Waals surface area contributed by atoms with Gasteiger partial charge in [-0.1, -0.05) is 6.92 Å². The molecule has 0 radical (unpaired) electrons. The van der Waals surface area contributed by atoms with Gasteiger partial charge in [0.2, 0.25) is 0 Å². The summed E-state index contributed by atoms with van der Waals surface area (Å²) in [5.74, 6) is 0.0725. The van der Waals surface area contributed by atoms with Gasteiger partial charge in [-0.05, 0) is 13.3 Å². The lowest BCUT2D eigenvalue weighted by Gasteiger charge is -2.06. The highest BCUT2D eigenvalue weighted by Crippen LogP contribution is 1.94. The first-order chi connectivity index (χ1) is 4.66. The molecule has 4 heteroatoms. The van der Waals surface area contributed by atoms with Gasteiger partial charge >= 0.3 is 0 Å². The van der Waals surface area contributed by atoms with Crippen molar-refractivity contribution in [1.82, 2.24) is 0 Å². The predicted molar refractivity (Wildman–Crippen MR) is 41.5 cm³/mol. The van der Waals surface area contributed by atoms with E-state index in [-0.39, 0.29) is 18.8 Å². The molecule has 0 aliphatic carbocycles. The zero-order valence-electron chi connectivity index (χ0n) is 6.50. The number of hydrogen-bond acceptors (Lipinski definition) is 2. The second-order valence-corrected chi connectivity index (χ2v) is 2.10. The molecule has 0 fully saturated rings. The Kier molecular flexibility index (Phi) is 4.66. The van der Waals surface area contributed by atoms with E-state index in [9.17, 15) is 0 Å². The third-order valence-corrected chi connectivity index (χ3v) is 1.18. The maximum Gasteiger partial charge on any atom is 0.188 e. The van der Waals surface area contributed by atoms with Crippen molar-refractivity contribution in [3.8, 4) is 0 Å². The fourth-order valence-electron chi connectivity index (χ4n) is 0.357. The quantitative estimate of drug-likeness (QED) is 0.433. The van der Waals surface area contributed by atoms with Crippen LogP contribution in [0.25, 0.3) is 0 Å². The van der Waals surface area contributed by atoms with Crippen molar-refractivity contribution in [3.05, 3.63) is 0 Å². The summed E-state index contributed by atoms with van der Waals surface area (Å²) < 4.78 is 5.15. The summed E-state index contributed by atoms with van der Waals surface area (Å²) in [4.78, 5) is 3.66. The van der Waals surface area contributed by atoms with Gasteiger partial charge in [0, 0.05) is 0 Å². The summed E-state index contributed by atoms with van der Waals surface area (Å²) in [7, 11) is 0. The number of hydrogen-bond donors (Lipinski definition) is 2. The number of nitrogens with two attached hydrogens (primary N) is 2. The molecule has 60 valence electrons. The summed E-state index contributed by atoms with van der Waals surface area (Å²) in [6.45, 7) is 4.28. The molecule has 10 heavy (non-hydrogen) atoms. The zero-order chi connectivity index (χ0) is 7.98. The Bertz CT molecular complexity index is 110. The maximum absolute atomic E-state index is 5.15. The Morgan fingerprint density at radius 2 is 2.20 bits per heavy atom. The van der Waals surface area contributed by atoms with Gasteiger partial charge in [0.15, 0.2) is 5.96 Å². The predicted octanol–water partition coefficient (Wildman–Crippen LogP) is 0.0324. The summed E-state index contributed by atoms with van der Waals surface area (Å²) in [6, 6.07) is 0. The largest absolute Gasteiger partial charge is 0.370 e. The lowest BCUT2D eigenvalue weighted by Crippen LogP contribution is -2.23. The van der Waals surface area contributed by atoms with E-state index in [1.165, 1.54) is 0 Å². The van der Waals surface area contributed by atoms with Gasteiger partial charge in [-0.3, -0.25) is 0 Å². The molecule has 0 heterocycles. The van der Waals surface area contributed by atoms with Crippen molar-refractivity contribution in [2.24, 2.45) is 16.5 Å². The van der Waals surface area contributed by atoms with Crippen molar-refractivity contribution >= 4 is 5.96 Å². The minimum Gasteiger partial charge on any atom is -0.370 e. The van der Waals surface area contributed by atoms with E-state index in [0.717, 1.165) is 6.42 Å². The Morgan fingerprint density at radius 1 is 1.60 bits per heavy atom.